The van der Waals surface area contributed by atoms with Gasteiger partial charge in [0.15, 0.2) is 0 Å². The quantitative estimate of drug-likeness (QED) is 0.542. The first-order valence-corrected chi connectivity index (χ1v) is 13.9. The van der Waals surface area contributed by atoms with Crippen LogP contribution in [0.4, 0.5) is 4.79 Å². The number of ether oxygens (including phenoxy) is 1. The molecule has 2 bridgehead atoms. The minimum atomic E-state index is -1.44. The van der Waals surface area contributed by atoms with Crippen molar-refractivity contribution in [1.82, 2.24) is 4.90 Å². The lowest BCUT2D eigenvalue weighted by atomic mass is 9.76. The first kappa shape index (κ1) is 20.7. The Labute approximate surface area is 169 Å². The summed E-state index contributed by atoms with van der Waals surface area (Å²) in [6.45, 7) is 6.86. The van der Waals surface area contributed by atoms with Gasteiger partial charge in [0.2, 0.25) is 0 Å². The fourth-order valence-corrected chi connectivity index (χ4v) is 4.90. The zero-order chi connectivity index (χ0) is 20.1. The lowest BCUT2D eigenvalue weighted by Gasteiger charge is -2.47. The zero-order valence-electron chi connectivity index (χ0n) is 17.2. The lowest BCUT2D eigenvalue weighted by Crippen LogP contribution is -2.55. The largest absolute Gasteiger partial charge is 0.445 e. The summed E-state index contributed by atoms with van der Waals surface area (Å²) in [6.07, 6.45) is 4.67. The van der Waals surface area contributed by atoms with Gasteiger partial charge in [-0.1, -0.05) is 50.0 Å². The van der Waals surface area contributed by atoms with Gasteiger partial charge in [-0.25, -0.2) is 4.79 Å². The number of fused-ring (bicyclic) bond motifs is 2. The highest BCUT2D eigenvalue weighted by Crippen LogP contribution is 2.38. The van der Waals surface area contributed by atoms with Crippen LogP contribution in [0.2, 0.25) is 19.6 Å². The number of amides is 1. The number of hydrogen-bond donors (Lipinski definition) is 0. The highest BCUT2D eigenvalue weighted by molar-refractivity contribution is 6.83. The van der Waals surface area contributed by atoms with Gasteiger partial charge in [0, 0.05) is 18.0 Å². The van der Waals surface area contributed by atoms with Gasteiger partial charge >= 0.3 is 6.09 Å². The molecule has 0 N–H and O–H groups in total. The number of ketones is 1. The molecule has 150 valence electrons. The molecule has 2 aliphatic rings. The van der Waals surface area contributed by atoms with Crippen molar-refractivity contribution in [2.75, 3.05) is 0 Å². The number of Topliss-reactive ketones (excluding diaryl/α,β-unsaturated/α-hetero) is 1. The van der Waals surface area contributed by atoms with Gasteiger partial charge in [0.1, 0.15) is 20.5 Å². The number of hydrogen-bond acceptors (Lipinski definition) is 3. The van der Waals surface area contributed by atoms with E-state index in [1.165, 1.54) is 0 Å². The van der Waals surface area contributed by atoms with Gasteiger partial charge in [-0.15, -0.1) is 11.5 Å². The van der Waals surface area contributed by atoms with Crippen LogP contribution in [0.15, 0.2) is 30.3 Å². The summed E-state index contributed by atoms with van der Waals surface area (Å²) in [5.41, 5.74) is 4.28. The second kappa shape index (κ2) is 8.96. The normalized spacial score (nSPS) is 24.1. The molecule has 4 nitrogen and oxygen atoms in total. The topological polar surface area (TPSA) is 46.6 Å². The second-order valence-electron chi connectivity index (χ2n) is 9.05. The van der Waals surface area contributed by atoms with E-state index in [0.717, 1.165) is 37.7 Å². The van der Waals surface area contributed by atoms with Crippen molar-refractivity contribution in [2.24, 2.45) is 5.92 Å². The van der Waals surface area contributed by atoms with Crippen LogP contribution in [0, 0.1) is 17.4 Å². The smallest absolute Gasteiger partial charge is 0.410 e. The van der Waals surface area contributed by atoms with E-state index in [4.69, 9.17) is 4.74 Å². The third-order valence-corrected chi connectivity index (χ3v) is 6.50. The van der Waals surface area contributed by atoms with Crippen LogP contribution in [0.5, 0.6) is 0 Å². The summed E-state index contributed by atoms with van der Waals surface area (Å²) in [5, 5.41) is 0. The number of carbonyl (C=O) groups is 2. The van der Waals surface area contributed by atoms with Crippen molar-refractivity contribution in [2.45, 2.75) is 76.9 Å². The Bertz CT molecular complexity index is 746. The van der Waals surface area contributed by atoms with E-state index in [1.54, 1.807) is 0 Å². The Morgan fingerprint density at radius 1 is 1.11 bits per heavy atom. The average molecular weight is 398 g/mol. The van der Waals surface area contributed by atoms with E-state index in [0.29, 0.717) is 13.0 Å². The molecule has 0 radical (unpaired) electrons. The molecule has 0 spiro atoms. The molecule has 2 saturated heterocycles. The number of piperidine rings is 2. The van der Waals surface area contributed by atoms with Gasteiger partial charge in [-0.2, -0.15) is 0 Å². The molecule has 1 amide bonds. The first-order chi connectivity index (χ1) is 13.3. The Hall–Kier alpha value is -2.06. The molecule has 5 heteroatoms. The maximum Gasteiger partial charge on any atom is 0.410 e. The number of carbonyl (C=O) groups excluding carboxylic acids is 2. The third kappa shape index (κ3) is 5.48. The van der Waals surface area contributed by atoms with E-state index in [2.05, 4.69) is 31.1 Å². The Kier molecular flexibility index (Phi) is 6.61. The fourth-order valence-electron chi connectivity index (χ4n) is 4.28. The van der Waals surface area contributed by atoms with Crippen LogP contribution in [0.1, 0.15) is 44.1 Å². The predicted octanol–water partition coefficient (Wildman–Crippen LogP) is 4.80. The molecule has 0 aromatic heterocycles. The van der Waals surface area contributed by atoms with Crippen molar-refractivity contribution in [3.63, 3.8) is 0 Å². The monoisotopic (exact) mass is 397 g/mol. The lowest BCUT2D eigenvalue weighted by molar-refractivity contribution is -0.125. The van der Waals surface area contributed by atoms with E-state index in [1.807, 2.05) is 35.2 Å². The van der Waals surface area contributed by atoms with Crippen LogP contribution in [0.3, 0.4) is 0 Å². The van der Waals surface area contributed by atoms with Crippen molar-refractivity contribution in [1.29, 1.82) is 0 Å². The standard InChI is InChI=1S/C23H31NO3Si/c1-28(2,3)14-8-13-22(25)19-15-20-11-7-12-21(16-19)24(20)23(26)27-17-18-9-5-4-6-10-18/h4-6,9-10,19-21H,7,11-13,15-17H2,1-3H3. The van der Waals surface area contributed by atoms with Crippen LogP contribution < -0.4 is 0 Å². The minimum absolute atomic E-state index is 0.0319. The van der Waals surface area contributed by atoms with Crippen LogP contribution in [0.25, 0.3) is 0 Å². The number of benzene rings is 1. The molecule has 2 fully saturated rings. The van der Waals surface area contributed by atoms with Crippen molar-refractivity contribution >= 4 is 20.0 Å². The van der Waals surface area contributed by atoms with E-state index in [-0.39, 0.29) is 29.9 Å². The van der Waals surface area contributed by atoms with Gasteiger partial charge in [-0.3, -0.25) is 4.79 Å². The predicted molar refractivity (Wildman–Crippen MR) is 113 cm³/mol. The summed E-state index contributed by atoms with van der Waals surface area (Å²) < 4.78 is 5.59. The molecule has 2 aliphatic heterocycles. The Balaban J connectivity index is 1.58. The summed E-state index contributed by atoms with van der Waals surface area (Å²) >= 11 is 0. The molecule has 1 aromatic carbocycles. The van der Waals surface area contributed by atoms with Gasteiger partial charge in [0.05, 0.1) is 6.42 Å². The molecule has 3 rings (SSSR count). The molecular formula is C23H31NO3Si. The highest BCUT2D eigenvalue weighted by atomic mass is 28.3. The molecule has 0 saturated carbocycles. The van der Waals surface area contributed by atoms with Gasteiger partial charge < -0.3 is 9.64 Å². The van der Waals surface area contributed by atoms with Crippen molar-refractivity contribution < 1.29 is 14.3 Å². The maximum absolute atomic E-state index is 12.7. The molecule has 0 aliphatic carbocycles. The average Bonchev–Trinajstić information content (AvgIpc) is 2.64. The van der Waals surface area contributed by atoms with Crippen LogP contribution in [-0.2, 0) is 16.1 Å². The number of rotatable bonds is 4. The van der Waals surface area contributed by atoms with Crippen LogP contribution in [-0.4, -0.2) is 36.9 Å². The molecule has 2 heterocycles. The first-order valence-electron chi connectivity index (χ1n) is 10.4. The maximum atomic E-state index is 12.7. The molecule has 2 atom stereocenters. The second-order valence-corrected chi connectivity index (χ2v) is 13.8. The Morgan fingerprint density at radius 2 is 1.75 bits per heavy atom. The molecule has 2 unspecified atom stereocenters. The summed E-state index contributed by atoms with van der Waals surface area (Å²) in [7, 11) is -1.44. The minimum Gasteiger partial charge on any atom is -0.445 e. The van der Waals surface area contributed by atoms with E-state index in [9.17, 15) is 9.59 Å². The highest BCUT2D eigenvalue weighted by Gasteiger charge is 2.43. The summed E-state index contributed by atoms with van der Waals surface area (Å²) in [6, 6.07) is 10.00. The SMILES string of the molecule is C[Si](C)(C)C#CCC(=O)C1CC2CCCC(C1)N2C(=O)OCc1ccccc1. The van der Waals surface area contributed by atoms with Gasteiger partial charge in [0.25, 0.3) is 0 Å². The Morgan fingerprint density at radius 3 is 2.36 bits per heavy atom. The van der Waals surface area contributed by atoms with Crippen molar-refractivity contribution in [3.8, 4) is 11.5 Å². The summed E-state index contributed by atoms with van der Waals surface area (Å²) in [4.78, 5) is 27.3. The van der Waals surface area contributed by atoms with Crippen molar-refractivity contribution in [3.05, 3.63) is 35.9 Å². The van der Waals surface area contributed by atoms with Gasteiger partial charge in [-0.05, 0) is 37.7 Å². The fraction of sp³-hybridized carbons (Fsp3) is 0.565. The third-order valence-electron chi connectivity index (χ3n) is 5.57. The molecule has 28 heavy (non-hydrogen) atoms. The van der Waals surface area contributed by atoms with E-state index >= 15 is 0 Å². The van der Waals surface area contributed by atoms with E-state index < -0.39 is 8.07 Å². The molecule has 1 aromatic rings. The zero-order valence-corrected chi connectivity index (χ0v) is 18.2. The number of nitrogens with zero attached hydrogens (tertiary/aromatic N) is 1. The summed E-state index contributed by atoms with van der Waals surface area (Å²) in [5.74, 6) is 3.40. The molecular weight excluding hydrogens is 366 g/mol. The van der Waals surface area contributed by atoms with Crippen LogP contribution >= 0.6 is 0 Å².